The molecule has 88 valence electrons. The van der Waals surface area contributed by atoms with Crippen LogP contribution in [0.15, 0.2) is 54.6 Å². The Hall–Kier alpha value is -1.80. The standard InChI is InChI=1S/C15H16O2/c1-2-15(16)12-8-10-14(11-9-12)17-13-6-4-3-5-7-13/h3-11,15-16H,2H2,1H3/t15-/m1/s1. The minimum atomic E-state index is -0.388. The lowest BCUT2D eigenvalue weighted by Crippen LogP contribution is -1.94. The van der Waals surface area contributed by atoms with E-state index < -0.39 is 0 Å². The first-order valence-electron chi connectivity index (χ1n) is 5.80. The maximum Gasteiger partial charge on any atom is 0.127 e. The summed E-state index contributed by atoms with van der Waals surface area (Å²) in [4.78, 5) is 0. The highest BCUT2D eigenvalue weighted by Crippen LogP contribution is 2.23. The SMILES string of the molecule is CC[C@@H](O)c1ccc(Oc2ccccc2)cc1. The average molecular weight is 228 g/mol. The van der Waals surface area contributed by atoms with E-state index in [1.165, 1.54) is 0 Å². The van der Waals surface area contributed by atoms with Gasteiger partial charge in [0.2, 0.25) is 0 Å². The maximum atomic E-state index is 9.67. The van der Waals surface area contributed by atoms with Crippen LogP contribution >= 0.6 is 0 Å². The fourth-order valence-electron chi connectivity index (χ4n) is 1.62. The minimum absolute atomic E-state index is 0.388. The van der Waals surface area contributed by atoms with Gasteiger partial charge in [-0.3, -0.25) is 0 Å². The molecule has 0 aliphatic rings. The first-order valence-corrected chi connectivity index (χ1v) is 5.80. The van der Waals surface area contributed by atoms with Crippen molar-refractivity contribution in [3.63, 3.8) is 0 Å². The van der Waals surface area contributed by atoms with E-state index in [1.54, 1.807) is 0 Å². The van der Waals surface area contributed by atoms with Crippen molar-refractivity contribution in [2.45, 2.75) is 19.4 Å². The van der Waals surface area contributed by atoms with Crippen LogP contribution < -0.4 is 4.74 Å². The highest BCUT2D eigenvalue weighted by molar-refractivity contribution is 5.33. The molecule has 2 aromatic rings. The molecule has 0 heterocycles. The van der Waals surface area contributed by atoms with Gasteiger partial charge < -0.3 is 9.84 Å². The normalized spacial score (nSPS) is 12.1. The number of hydrogen-bond donors (Lipinski definition) is 1. The molecule has 0 aliphatic carbocycles. The number of ether oxygens (including phenoxy) is 1. The van der Waals surface area contributed by atoms with Crippen molar-refractivity contribution in [1.29, 1.82) is 0 Å². The summed E-state index contributed by atoms with van der Waals surface area (Å²) in [5.41, 5.74) is 0.924. The Kier molecular flexibility index (Phi) is 3.78. The molecule has 0 radical (unpaired) electrons. The molecule has 17 heavy (non-hydrogen) atoms. The van der Waals surface area contributed by atoms with Crippen molar-refractivity contribution in [3.05, 3.63) is 60.2 Å². The second-order valence-corrected chi connectivity index (χ2v) is 3.91. The first kappa shape index (κ1) is 11.7. The van der Waals surface area contributed by atoms with Gasteiger partial charge in [0.25, 0.3) is 0 Å². The van der Waals surface area contributed by atoms with Gasteiger partial charge in [0.15, 0.2) is 0 Å². The van der Waals surface area contributed by atoms with E-state index in [9.17, 15) is 5.11 Å². The zero-order valence-corrected chi connectivity index (χ0v) is 9.84. The molecule has 0 bridgehead atoms. The third kappa shape index (κ3) is 3.08. The molecule has 0 unspecified atom stereocenters. The molecular weight excluding hydrogens is 212 g/mol. The Morgan fingerprint density at radius 2 is 1.53 bits per heavy atom. The van der Waals surface area contributed by atoms with E-state index in [0.29, 0.717) is 0 Å². The summed E-state index contributed by atoms with van der Waals surface area (Å²) in [6.45, 7) is 1.96. The van der Waals surface area contributed by atoms with Gasteiger partial charge in [0.1, 0.15) is 11.5 Å². The topological polar surface area (TPSA) is 29.5 Å². The summed E-state index contributed by atoms with van der Waals surface area (Å²) >= 11 is 0. The summed E-state index contributed by atoms with van der Waals surface area (Å²) < 4.78 is 5.67. The van der Waals surface area contributed by atoms with Crippen LogP contribution in [0, 0.1) is 0 Å². The van der Waals surface area contributed by atoms with Gasteiger partial charge in [0.05, 0.1) is 6.10 Å². The molecule has 1 atom stereocenters. The monoisotopic (exact) mass is 228 g/mol. The number of rotatable bonds is 4. The molecule has 1 N–H and O–H groups in total. The van der Waals surface area contributed by atoms with Crippen LogP contribution in [-0.4, -0.2) is 5.11 Å². The largest absolute Gasteiger partial charge is 0.457 e. The number of aliphatic hydroxyl groups is 1. The van der Waals surface area contributed by atoms with Crippen molar-refractivity contribution in [2.75, 3.05) is 0 Å². The van der Waals surface area contributed by atoms with Crippen molar-refractivity contribution in [1.82, 2.24) is 0 Å². The van der Waals surface area contributed by atoms with Crippen LogP contribution in [0.2, 0.25) is 0 Å². The van der Waals surface area contributed by atoms with E-state index in [-0.39, 0.29) is 6.10 Å². The Labute approximate surface area is 101 Å². The molecule has 0 aliphatic heterocycles. The van der Waals surface area contributed by atoms with Gasteiger partial charge in [-0.05, 0) is 36.2 Å². The van der Waals surface area contributed by atoms with Crippen molar-refractivity contribution in [3.8, 4) is 11.5 Å². The quantitative estimate of drug-likeness (QED) is 0.859. The molecule has 2 rings (SSSR count). The van der Waals surface area contributed by atoms with Crippen LogP contribution in [0.25, 0.3) is 0 Å². The molecule has 2 nitrogen and oxygen atoms in total. The van der Waals surface area contributed by atoms with E-state index in [1.807, 2.05) is 61.5 Å². The van der Waals surface area contributed by atoms with Gasteiger partial charge >= 0.3 is 0 Å². The number of para-hydroxylation sites is 1. The third-order valence-corrected chi connectivity index (χ3v) is 2.63. The average Bonchev–Trinajstić information content (AvgIpc) is 2.40. The lowest BCUT2D eigenvalue weighted by atomic mass is 10.1. The summed E-state index contributed by atoms with van der Waals surface area (Å²) in [6, 6.07) is 17.2. The Balaban J connectivity index is 2.08. The van der Waals surface area contributed by atoms with Crippen LogP contribution in [0.3, 0.4) is 0 Å². The number of hydrogen-bond acceptors (Lipinski definition) is 2. The fraction of sp³-hybridized carbons (Fsp3) is 0.200. The van der Waals surface area contributed by atoms with E-state index in [4.69, 9.17) is 4.74 Å². The zero-order chi connectivity index (χ0) is 12.1. The van der Waals surface area contributed by atoms with Crippen LogP contribution in [0.4, 0.5) is 0 Å². The molecule has 0 saturated carbocycles. The second kappa shape index (κ2) is 5.51. The highest BCUT2D eigenvalue weighted by atomic mass is 16.5. The van der Waals surface area contributed by atoms with E-state index in [2.05, 4.69) is 0 Å². The zero-order valence-electron chi connectivity index (χ0n) is 9.84. The molecule has 0 saturated heterocycles. The smallest absolute Gasteiger partial charge is 0.127 e. The summed E-state index contributed by atoms with van der Waals surface area (Å²) in [6.07, 6.45) is 0.333. The van der Waals surface area contributed by atoms with Gasteiger partial charge in [-0.1, -0.05) is 37.3 Å². The van der Waals surface area contributed by atoms with Gasteiger partial charge in [-0.2, -0.15) is 0 Å². The molecule has 0 fully saturated rings. The van der Waals surface area contributed by atoms with Crippen molar-refractivity contribution < 1.29 is 9.84 Å². The van der Waals surface area contributed by atoms with E-state index in [0.717, 1.165) is 23.5 Å². The number of aliphatic hydroxyl groups excluding tert-OH is 1. The first-order chi connectivity index (χ1) is 8.29. The predicted octanol–water partition coefficient (Wildman–Crippen LogP) is 3.92. The Morgan fingerprint density at radius 3 is 2.12 bits per heavy atom. The van der Waals surface area contributed by atoms with E-state index >= 15 is 0 Å². The van der Waals surface area contributed by atoms with Gasteiger partial charge in [-0.15, -0.1) is 0 Å². The minimum Gasteiger partial charge on any atom is -0.457 e. The van der Waals surface area contributed by atoms with Crippen molar-refractivity contribution in [2.24, 2.45) is 0 Å². The van der Waals surface area contributed by atoms with Crippen LogP contribution in [0.5, 0.6) is 11.5 Å². The third-order valence-electron chi connectivity index (χ3n) is 2.63. The van der Waals surface area contributed by atoms with Gasteiger partial charge in [0, 0.05) is 0 Å². The molecule has 2 heteroatoms. The highest BCUT2D eigenvalue weighted by Gasteiger charge is 2.04. The summed E-state index contributed by atoms with van der Waals surface area (Å²) in [5.74, 6) is 1.60. The van der Waals surface area contributed by atoms with Gasteiger partial charge in [-0.25, -0.2) is 0 Å². The predicted molar refractivity (Wildman–Crippen MR) is 68.2 cm³/mol. The maximum absolute atomic E-state index is 9.67. The Bertz CT molecular complexity index is 448. The van der Waals surface area contributed by atoms with Crippen molar-refractivity contribution >= 4 is 0 Å². The fourth-order valence-corrected chi connectivity index (χ4v) is 1.62. The molecular formula is C15H16O2. The van der Waals surface area contributed by atoms with Crippen LogP contribution in [0.1, 0.15) is 25.0 Å². The molecule has 2 aromatic carbocycles. The molecule has 0 spiro atoms. The molecule has 0 amide bonds. The second-order valence-electron chi connectivity index (χ2n) is 3.91. The lowest BCUT2D eigenvalue weighted by Gasteiger charge is -2.09. The van der Waals surface area contributed by atoms with Crippen LogP contribution in [-0.2, 0) is 0 Å². The number of benzene rings is 2. The molecule has 0 aromatic heterocycles. The lowest BCUT2D eigenvalue weighted by molar-refractivity contribution is 0.173. The Morgan fingerprint density at radius 1 is 0.941 bits per heavy atom. The summed E-state index contributed by atoms with van der Waals surface area (Å²) in [5, 5.41) is 9.67. The summed E-state index contributed by atoms with van der Waals surface area (Å²) in [7, 11) is 0.